The van der Waals surface area contributed by atoms with E-state index in [9.17, 15) is 8.42 Å². The van der Waals surface area contributed by atoms with Crippen LogP contribution in [0, 0.1) is 0 Å². The zero-order valence-corrected chi connectivity index (χ0v) is 15.9. The van der Waals surface area contributed by atoms with Crippen molar-refractivity contribution >= 4 is 45.8 Å². The summed E-state index contributed by atoms with van der Waals surface area (Å²) < 4.78 is 29.4. The topological polar surface area (TPSA) is 54.4 Å². The van der Waals surface area contributed by atoms with Crippen LogP contribution in [0.5, 0.6) is 0 Å². The number of hydrogen-bond donors (Lipinski definition) is 1. The molecular formula is C20H35NaO3S. The molecule has 0 saturated carbocycles. The molecule has 0 radical (unpaired) electrons. The molecule has 25 heavy (non-hydrogen) atoms. The van der Waals surface area contributed by atoms with Gasteiger partial charge in [0, 0.05) is 0 Å². The van der Waals surface area contributed by atoms with Crippen LogP contribution >= 0.6 is 0 Å². The molecule has 0 amide bonds. The molecular weight excluding hydrogens is 343 g/mol. The zero-order chi connectivity index (χ0) is 18.1. The molecule has 0 aliphatic carbocycles. The molecule has 3 nitrogen and oxygen atoms in total. The van der Waals surface area contributed by atoms with Crippen LogP contribution < -0.4 is 0 Å². The molecule has 0 aromatic heterocycles. The molecule has 0 bridgehead atoms. The van der Waals surface area contributed by atoms with E-state index in [4.69, 9.17) is 4.55 Å². The Labute approximate surface area is 177 Å². The van der Waals surface area contributed by atoms with Gasteiger partial charge in [-0.05, 0) is 12.0 Å². The first-order chi connectivity index (χ1) is 11.5. The average molecular weight is 379 g/mol. The fourth-order valence-corrected chi connectivity index (χ4v) is 2.93. The summed E-state index contributed by atoms with van der Waals surface area (Å²) in [5, 5.41) is 0. The maximum absolute atomic E-state index is 10.4. The molecule has 0 saturated heterocycles. The van der Waals surface area contributed by atoms with Crippen molar-refractivity contribution in [3.05, 3.63) is 42.5 Å². The summed E-state index contributed by atoms with van der Waals surface area (Å²) in [6, 6.07) is 10.0. The molecule has 0 aliphatic rings. The Hall–Kier alpha value is -0.130. The van der Waals surface area contributed by atoms with Crippen LogP contribution in [-0.4, -0.2) is 48.3 Å². The van der Waals surface area contributed by atoms with Gasteiger partial charge < -0.3 is 0 Å². The van der Waals surface area contributed by atoms with Gasteiger partial charge in [0.25, 0.3) is 10.1 Å². The Balaban J connectivity index is 0. The van der Waals surface area contributed by atoms with Crippen molar-refractivity contribution in [3.8, 4) is 0 Å². The van der Waals surface area contributed by atoms with Crippen molar-refractivity contribution in [3.63, 3.8) is 0 Å². The molecule has 0 aliphatic heterocycles. The van der Waals surface area contributed by atoms with Crippen LogP contribution in [0.3, 0.4) is 0 Å². The third kappa shape index (κ3) is 21.8. The first-order valence-corrected chi connectivity index (χ1v) is 10.7. The van der Waals surface area contributed by atoms with E-state index in [1.165, 1.54) is 50.5 Å². The summed E-state index contributed by atoms with van der Waals surface area (Å²) in [5.41, 5.74) is 1.17. The fraction of sp³-hybridized carbons (Fsp3) is 0.600. The third-order valence-electron chi connectivity index (χ3n) is 3.79. The number of hydrogen-bond acceptors (Lipinski definition) is 2. The molecule has 0 spiro atoms. The van der Waals surface area contributed by atoms with Crippen molar-refractivity contribution in [2.75, 3.05) is 5.75 Å². The Morgan fingerprint density at radius 3 is 1.68 bits per heavy atom. The summed E-state index contributed by atoms with van der Waals surface area (Å²) in [4.78, 5) is 0. The van der Waals surface area contributed by atoms with Gasteiger partial charge in [-0.15, -0.1) is 0 Å². The van der Waals surface area contributed by atoms with Crippen LogP contribution in [0.4, 0.5) is 0 Å². The summed E-state index contributed by atoms with van der Waals surface area (Å²) in [6.07, 6.45) is 13.5. The second-order valence-corrected chi connectivity index (χ2v) is 7.65. The third-order valence-corrected chi connectivity index (χ3v) is 4.60. The number of unbranched alkanes of at least 4 members (excludes halogenated alkanes) is 9. The van der Waals surface area contributed by atoms with Gasteiger partial charge in [0.2, 0.25) is 0 Å². The number of benzene rings is 1. The maximum atomic E-state index is 10.4. The predicted octanol–water partition coefficient (Wildman–Crippen LogP) is 5.48. The van der Waals surface area contributed by atoms with Crippen LogP contribution in [0.2, 0.25) is 0 Å². The van der Waals surface area contributed by atoms with E-state index in [0.717, 1.165) is 12.8 Å². The standard InChI is InChI=1S/C12H26O3S.C8H8.Na.H/c1-2-3-4-5-6-7-8-9-10-11-12-16(13,14)15;1-2-8-6-4-3-5-7-8;;/h2-12H2,1H3,(H,13,14,15);2-7H,1H2;;. The van der Waals surface area contributed by atoms with E-state index in [2.05, 4.69) is 13.5 Å². The van der Waals surface area contributed by atoms with Gasteiger partial charge in [0.1, 0.15) is 0 Å². The Morgan fingerprint density at radius 1 is 0.880 bits per heavy atom. The van der Waals surface area contributed by atoms with Gasteiger partial charge in [0.05, 0.1) is 5.75 Å². The van der Waals surface area contributed by atoms with Gasteiger partial charge in [-0.1, -0.05) is 108 Å². The van der Waals surface area contributed by atoms with Crippen LogP contribution in [0.15, 0.2) is 36.9 Å². The van der Waals surface area contributed by atoms with Crippen LogP contribution in [-0.2, 0) is 10.1 Å². The molecule has 0 heterocycles. The molecule has 0 unspecified atom stereocenters. The Morgan fingerprint density at radius 2 is 1.32 bits per heavy atom. The monoisotopic (exact) mass is 378 g/mol. The predicted molar refractivity (Wildman–Crippen MR) is 112 cm³/mol. The minimum atomic E-state index is -3.73. The molecule has 0 atom stereocenters. The van der Waals surface area contributed by atoms with E-state index in [1.807, 2.05) is 36.4 Å². The molecule has 1 rings (SSSR count). The van der Waals surface area contributed by atoms with Crippen molar-refractivity contribution in [2.24, 2.45) is 0 Å². The number of rotatable bonds is 12. The summed E-state index contributed by atoms with van der Waals surface area (Å²) in [5.74, 6) is -0.0799. The summed E-state index contributed by atoms with van der Waals surface area (Å²) in [7, 11) is -3.73. The zero-order valence-electron chi connectivity index (χ0n) is 15.1. The normalized spacial score (nSPS) is 10.3. The van der Waals surface area contributed by atoms with Gasteiger partial charge >= 0.3 is 29.6 Å². The van der Waals surface area contributed by atoms with Gasteiger partial charge in [-0.2, -0.15) is 8.42 Å². The summed E-state index contributed by atoms with van der Waals surface area (Å²) in [6.45, 7) is 5.85. The quantitative estimate of drug-likeness (QED) is 0.298. The fourth-order valence-electron chi connectivity index (χ4n) is 2.36. The molecule has 140 valence electrons. The van der Waals surface area contributed by atoms with Crippen molar-refractivity contribution < 1.29 is 13.0 Å². The van der Waals surface area contributed by atoms with E-state index >= 15 is 0 Å². The van der Waals surface area contributed by atoms with Crippen molar-refractivity contribution in [2.45, 2.75) is 71.1 Å². The van der Waals surface area contributed by atoms with E-state index in [0.29, 0.717) is 6.42 Å². The van der Waals surface area contributed by atoms with Crippen LogP contribution in [0.25, 0.3) is 6.08 Å². The van der Waals surface area contributed by atoms with Crippen molar-refractivity contribution in [1.29, 1.82) is 0 Å². The molecule has 1 N–H and O–H groups in total. The van der Waals surface area contributed by atoms with E-state index in [1.54, 1.807) is 0 Å². The second-order valence-electron chi connectivity index (χ2n) is 6.08. The molecule has 5 heteroatoms. The molecule has 1 aromatic rings. The van der Waals surface area contributed by atoms with Gasteiger partial charge in [-0.3, -0.25) is 4.55 Å². The Kier molecular flexibility index (Phi) is 20.2. The SMILES string of the molecule is C=Cc1ccccc1.CCCCCCCCCCCCS(=O)(=O)O.[NaH]. The minimum absolute atomic E-state index is 0. The Bertz CT molecular complexity index is 501. The summed E-state index contributed by atoms with van der Waals surface area (Å²) >= 11 is 0. The van der Waals surface area contributed by atoms with Crippen molar-refractivity contribution in [1.82, 2.24) is 0 Å². The average Bonchev–Trinajstić information content (AvgIpc) is 2.57. The van der Waals surface area contributed by atoms with Gasteiger partial charge in [-0.25, -0.2) is 0 Å². The molecule has 1 aromatic carbocycles. The van der Waals surface area contributed by atoms with E-state index < -0.39 is 10.1 Å². The van der Waals surface area contributed by atoms with Gasteiger partial charge in [0.15, 0.2) is 0 Å². The molecule has 0 fully saturated rings. The van der Waals surface area contributed by atoms with Crippen LogP contribution in [0.1, 0.15) is 76.7 Å². The first-order valence-electron chi connectivity index (χ1n) is 9.12. The first kappa shape index (κ1) is 27.1. The van der Waals surface area contributed by atoms with E-state index in [-0.39, 0.29) is 35.3 Å². The second kappa shape index (κ2) is 18.7.